The van der Waals surface area contributed by atoms with Crippen molar-refractivity contribution in [3.63, 3.8) is 0 Å². The highest BCUT2D eigenvalue weighted by Gasteiger charge is 2.53. The predicted molar refractivity (Wildman–Crippen MR) is 102 cm³/mol. The van der Waals surface area contributed by atoms with Gasteiger partial charge in [0.1, 0.15) is 5.82 Å². The Morgan fingerprint density at radius 3 is 2.36 bits per heavy atom. The second-order valence-electron chi connectivity index (χ2n) is 8.23. The summed E-state index contributed by atoms with van der Waals surface area (Å²) in [6.07, 6.45) is 3.24. The molecule has 0 spiro atoms. The molecule has 5 nitrogen and oxygen atoms in total. The van der Waals surface area contributed by atoms with E-state index in [4.69, 9.17) is 19.0 Å². The number of rotatable bonds is 3. The molecule has 25 heavy (non-hydrogen) atoms. The largest absolute Gasteiger partial charge is 0.496 e. The van der Waals surface area contributed by atoms with Gasteiger partial charge in [0.2, 0.25) is 0 Å². The van der Waals surface area contributed by atoms with Crippen LogP contribution in [0.3, 0.4) is 0 Å². The monoisotopic (exact) mass is 346 g/mol. The summed E-state index contributed by atoms with van der Waals surface area (Å²) in [5.74, 6) is 1.03. The minimum absolute atomic E-state index is 0.220. The number of pyridine rings is 1. The van der Waals surface area contributed by atoms with Crippen molar-refractivity contribution in [2.75, 3.05) is 18.0 Å². The maximum absolute atomic E-state index is 6.28. The van der Waals surface area contributed by atoms with E-state index < -0.39 is 0 Å². The van der Waals surface area contributed by atoms with Gasteiger partial charge in [-0.25, -0.2) is 4.98 Å². The summed E-state index contributed by atoms with van der Waals surface area (Å²) in [6.45, 7) is 16.5. The van der Waals surface area contributed by atoms with Gasteiger partial charge in [-0.05, 0) is 53.5 Å². The third kappa shape index (κ3) is 3.44. The Balaban J connectivity index is 1.81. The van der Waals surface area contributed by atoms with Crippen molar-refractivity contribution in [3.05, 3.63) is 17.8 Å². The molecule has 6 heteroatoms. The lowest BCUT2D eigenvalue weighted by atomic mass is 9.79. The number of morpholine rings is 1. The van der Waals surface area contributed by atoms with Gasteiger partial charge in [0.25, 0.3) is 0 Å². The van der Waals surface area contributed by atoms with E-state index in [9.17, 15) is 0 Å². The second kappa shape index (κ2) is 6.56. The first-order chi connectivity index (χ1) is 11.6. The fourth-order valence-corrected chi connectivity index (χ4v) is 3.84. The van der Waals surface area contributed by atoms with E-state index in [0.717, 1.165) is 36.4 Å². The third-order valence-electron chi connectivity index (χ3n) is 5.78. The highest BCUT2D eigenvalue weighted by atomic mass is 16.7. The van der Waals surface area contributed by atoms with Crippen LogP contribution in [0.15, 0.2) is 12.3 Å². The summed E-state index contributed by atoms with van der Waals surface area (Å²) in [5, 5.41) is 0. The van der Waals surface area contributed by atoms with Gasteiger partial charge in [-0.3, -0.25) is 0 Å². The highest BCUT2D eigenvalue weighted by molar-refractivity contribution is 6.62. The number of aryl methyl sites for hydroxylation is 1. The molecule has 0 aromatic carbocycles. The molecule has 1 unspecified atom stereocenters. The molecule has 0 amide bonds. The average molecular weight is 346 g/mol. The Morgan fingerprint density at radius 1 is 1.20 bits per heavy atom. The quantitative estimate of drug-likeness (QED) is 0.788. The zero-order chi connectivity index (χ0) is 18.4. The molecule has 0 saturated carbocycles. The standard InChI is InChI=1S/C19H31BN2O3/c1-8-19(7)18(5,6)24-20(25-19)16-9-13(2)17(21-10-16)22-11-14(3)23-15(4)12-22/h9-10,14-15H,8,11-12H2,1-7H3/t14-,15-,19?/m1/s1. The van der Waals surface area contributed by atoms with E-state index in [1.54, 1.807) is 0 Å². The van der Waals surface area contributed by atoms with E-state index >= 15 is 0 Å². The maximum Gasteiger partial charge on any atom is 0.496 e. The third-order valence-corrected chi connectivity index (χ3v) is 5.78. The Hall–Kier alpha value is -1.11. The normalized spacial score (nSPS) is 32.3. The Kier molecular flexibility index (Phi) is 4.90. The van der Waals surface area contributed by atoms with Crippen molar-refractivity contribution in [2.45, 2.75) is 78.3 Å². The number of aromatic nitrogens is 1. The zero-order valence-corrected chi connectivity index (χ0v) is 16.6. The fraction of sp³-hybridized carbons (Fsp3) is 0.737. The number of hydrogen-bond acceptors (Lipinski definition) is 5. The molecule has 0 radical (unpaired) electrons. The molecule has 2 fully saturated rings. The molecular weight excluding hydrogens is 315 g/mol. The summed E-state index contributed by atoms with van der Waals surface area (Å²) in [5.41, 5.74) is 1.52. The summed E-state index contributed by atoms with van der Waals surface area (Å²) >= 11 is 0. The molecule has 3 atom stereocenters. The van der Waals surface area contributed by atoms with E-state index in [1.165, 1.54) is 0 Å². The Morgan fingerprint density at radius 2 is 1.84 bits per heavy atom. The number of nitrogens with zero attached hydrogens (tertiary/aromatic N) is 2. The molecule has 2 aliphatic heterocycles. The number of anilines is 1. The molecule has 138 valence electrons. The first kappa shape index (κ1) is 18.7. The Labute approximate surface area is 152 Å². The molecule has 0 bridgehead atoms. The van der Waals surface area contributed by atoms with Crippen molar-refractivity contribution in [1.29, 1.82) is 0 Å². The van der Waals surface area contributed by atoms with Gasteiger partial charge >= 0.3 is 7.12 Å². The lowest BCUT2D eigenvalue weighted by Gasteiger charge is -2.36. The first-order valence-electron chi connectivity index (χ1n) is 9.38. The first-order valence-corrected chi connectivity index (χ1v) is 9.38. The summed E-state index contributed by atoms with van der Waals surface area (Å²) in [7, 11) is -0.359. The molecular formula is C19H31BN2O3. The summed E-state index contributed by atoms with van der Waals surface area (Å²) in [6, 6.07) is 2.15. The van der Waals surface area contributed by atoms with Crippen LogP contribution in [-0.4, -0.2) is 48.6 Å². The van der Waals surface area contributed by atoms with Crippen LogP contribution in [0.2, 0.25) is 0 Å². The van der Waals surface area contributed by atoms with Gasteiger partial charge in [-0.2, -0.15) is 0 Å². The van der Waals surface area contributed by atoms with Gasteiger partial charge in [-0.1, -0.05) is 13.0 Å². The zero-order valence-electron chi connectivity index (χ0n) is 16.6. The van der Waals surface area contributed by atoms with Crippen LogP contribution in [-0.2, 0) is 14.0 Å². The van der Waals surface area contributed by atoms with E-state index in [-0.39, 0.29) is 30.5 Å². The van der Waals surface area contributed by atoms with Gasteiger partial charge in [0.05, 0.1) is 23.4 Å². The molecule has 2 aliphatic rings. The average Bonchev–Trinajstić information content (AvgIpc) is 2.76. The van der Waals surface area contributed by atoms with Crippen molar-refractivity contribution in [2.24, 2.45) is 0 Å². The van der Waals surface area contributed by atoms with Crippen molar-refractivity contribution in [3.8, 4) is 0 Å². The Bertz CT molecular complexity index is 629. The minimum atomic E-state index is -0.359. The van der Waals surface area contributed by atoms with Crippen molar-refractivity contribution < 1.29 is 14.0 Å². The van der Waals surface area contributed by atoms with Crippen LogP contribution >= 0.6 is 0 Å². The van der Waals surface area contributed by atoms with Crippen LogP contribution in [0.4, 0.5) is 5.82 Å². The lowest BCUT2D eigenvalue weighted by Crippen LogP contribution is -2.46. The minimum Gasteiger partial charge on any atom is -0.399 e. The highest BCUT2D eigenvalue weighted by Crippen LogP contribution is 2.39. The number of hydrogen-bond donors (Lipinski definition) is 0. The smallest absolute Gasteiger partial charge is 0.399 e. The van der Waals surface area contributed by atoms with Gasteiger partial charge < -0.3 is 18.9 Å². The van der Waals surface area contributed by atoms with Crippen molar-refractivity contribution in [1.82, 2.24) is 4.98 Å². The van der Waals surface area contributed by atoms with Crippen molar-refractivity contribution >= 4 is 18.4 Å². The topological polar surface area (TPSA) is 43.8 Å². The fourth-order valence-electron chi connectivity index (χ4n) is 3.84. The van der Waals surface area contributed by atoms with Crippen LogP contribution in [0.1, 0.15) is 53.5 Å². The van der Waals surface area contributed by atoms with Gasteiger partial charge in [0.15, 0.2) is 0 Å². The second-order valence-corrected chi connectivity index (χ2v) is 8.23. The SMILES string of the molecule is CCC1(C)OB(c2cnc(N3C[C@@H](C)O[C@H](C)C3)c(C)c2)OC1(C)C. The molecule has 1 aromatic rings. The molecule has 2 saturated heterocycles. The molecule has 1 aromatic heterocycles. The van der Waals surface area contributed by atoms with Crippen LogP contribution < -0.4 is 10.4 Å². The van der Waals surface area contributed by atoms with Crippen LogP contribution in [0.5, 0.6) is 0 Å². The van der Waals surface area contributed by atoms with Crippen LogP contribution in [0, 0.1) is 6.92 Å². The predicted octanol–water partition coefficient (Wildman–Crippen LogP) is 2.69. The van der Waals surface area contributed by atoms with E-state index in [1.807, 2.05) is 6.20 Å². The van der Waals surface area contributed by atoms with E-state index in [0.29, 0.717) is 0 Å². The summed E-state index contributed by atoms with van der Waals surface area (Å²) in [4.78, 5) is 7.06. The molecule has 0 N–H and O–H groups in total. The van der Waals surface area contributed by atoms with E-state index in [2.05, 4.69) is 59.4 Å². The molecule has 3 heterocycles. The summed E-state index contributed by atoms with van der Waals surface area (Å²) < 4.78 is 18.3. The molecule has 0 aliphatic carbocycles. The van der Waals surface area contributed by atoms with Gasteiger partial charge in [0, 0.05) is 24.7 Å². The van der Waals surface area contributed by atoms with Gasteiger partial charge in [-0.15, -0.1) is 0 Å². The van der Waals surface area contributed by atoms with Crippen LogP contribution in [0.25, 0.3) is 0 Å². The lowest BCUT2D eigenvalue weighted by molar-refractivity contribution is -0.0118. The number of ether oxygens (including phenoxy) is 1. The maximum atomic E-state index is 6.28. The molecule has 3 rings (SSSR count).